The molecule has 0 unspecified atom stereocenters. The summed E-state index contributed by atoms with van der Waals surface area (Å²) in [7, 11) is 0. The van der Waals surface area contributed by atoms with Gasteiger partial charge in [0.1, 0.15) is 5.76 Å². The number of benzene rings is 1. The molecule has 1 atom stereocenters. The number of rotatable bonds is 8. The van der Waals surface area contributed by atoms with Crippen molar-refractivity contribution in [3.05, 3.63) is 47.9 Å². The largest absolute Gasteiger partial charge is 0.454 e. The summed E-state index contributed by atoms with van der Waals surface area (Å²) in [6, 6.07) is 9.00. The van der Waals surface area contributed by atoms with E-state index in [-0.39, 0.29) is 23.2 Å². The van der Waals surface area contributed by atoms with E-state index in [0.29, 0.717) is 17.1 Å². The van der Waals surface area contributed by atoms with Crippen LogP contribution in [0.15, 0.2) is 41.1 Å². The number of aryl methyl sites for hydroxylation is 1. The van der Waals surface area contributed by atoms with Crippen LogP contribution in [0.25, 0.3) is 10.9 Å². The first-order chi connectivity index (χ1) is 13.4. The maximum absolute atomic E-state index is 12.6. The second kappa shape index (κ2) is 8.75. The summed E-state index contributed by atoms with van der Waals surface area (Å²) in [6.07, 6.45) is 0.696. The van der Waals surface area contributed by atoms with E-state index in [9.17, 15) is 14.4 Å². The SMILES string of the molecule is Cc1cc(NC(=O)CSCC(=O)O[C@@H](C)C(=O)c2c[nH]c3ccccc23)no1. The van der Waals surface area contributed by atoms with Crippen molar-refractivity contribution in [1.82, 2.24) is 10.1 Å². The summed E-state index contributed by atoms with van der Waals surface area (Å²) in [6.45, 7) is 3.25. The Hall–Kier alpha value is -3.07. The van der Waals surface area contributed by atoms with Gasteiger partial charge in [-0.2, -0.15) is 0 Å². The number of amides is 1. The van der Waals surface area contributed by atoms with Crippen LogP contribution in [0.2, 0.25) is 0 Å². The van der Waals surface area contributed by atoms with Crippen molar-refractivity contribution in [1.29, 1.82) is 0 Å². The van der Waals surface area contributed by atoms with Gasteiger partial charge in [-0.3, -0.25) is 14.4 Å². The molecule has 28 heavy (non-hydrogen) atoms. The molecule has 9 heteroatoms. The summed E-state index contributed by atoms with van der Waals surface area (Å²) in [5.74, 6) is -0.244. The molecular weight excluding hydrogens is 382 g/mol. The standard InChI is InChI=1S/C19H19N3O5S/c1-11-7-16(22-27-11)21-17(23)9-28-10-18(24)26-12(2)19(25)14-8-20-15-6-4-3-5-13(14)15/h3-8,12,20H,9-10H2,1-2H3,(H,21,22,23)/t12-/m0/s1. The number of aromatic amines is 1. The zero-order chi connectivity index (χ0) is 20.1. The molecule has 2 aromatic heterocycles. The molecule has 3 rings (SSSR count). The topological polar surface area (TPSA) is 114 Å². The minimum absolute atomic E-state index is 0.0449. The van der Waals surface area contributed by atoms with Gasteiger partial charge in [0.25, 0.3) is 0 Å². The fourth-order valence-corrected chi connectivity index (χ4v) is 3.20. The Bertz CT molecular complexity index is 1010. The Balaban J connectivity index is 1.45. The van der Waals surface area contributed by atoms with Gasteiger partial charge >= 0.3 is 5.97 Å². The molecular formula is C19H19N3O5S. The van der Waals surface area contributed by atoms with E-state index in [4.69, 9.17) is 9.26 Å². The van der Waals surface area contributed by atoms with Gasteiger partial charge in [-0.1, -0.05) is 23.4 Å². The summed E-state index contributed by atoms with van der Waals surface area (Å²) in [5.41, 5.74) is 1.32. The second-order valence-corrected chi connectivity index (χ2v) is 7.09. The maximum Gasteiger partial charge on any atom is 0.316 e. The van der Waals surface area contributed by atoms with Crippen molar-refractivity contribution in [2.75, 3.05) is 16.8 Å². The van der Waals surface area contributed by atoms with E-state index in [1.165, 1.54) is 6.92 Å². The predicted molar refractivity (Wildman–Crippen MR) is 105 cm³/mol. The van der Waals surface area contributed by atoms with Crippen molar-refractivity contribution in [3.8, 4) is 0 Å². The number of anilines is 1. The van der Waals surface area contributed by atoms with Crippen LogP contribution < -0.4 is 5.32 Å². The number of H-pyrrole nitrogens is 1. The molecule has 0 radical (unpaired) electrons. The summed E-state index contributed by atoms with van der Waals surface area (Å²) >= 11 is 1.09. The number of fused-ring (bicyclic) bond motifs is 1. The first kappa shape index (κ1) is 19.7. The van der Waals surface area contributed by atoms with Crippen LogP contribution in [0.1, 0.15) is 23.0 Å². The highest BCUT2D eigenvalue weighted by Gasteiger charge is 2.22. The van der Waals surface area contributed by atoms with Crippen molar-refractivity contribution in [3.63, 3.8) is 0 Å². The number of thioether (sulfide) groups is 1. The second-order valence-electron chi connectivity index (χ2n) is 6.11. The minimum atomic E-state index is -0.917. The van der Waals surface area contributed by atoms with Crippen LogP contribution in [0, 0.1) is 6.92 Å². The van der Waals surface area contributed by atoms with Crippen molar-refractivity contribution >= 4 is 46.1 Å². The quantitative estimate of drug-likeness (QED) is 0.440. The number of nitrogens with zero attached hydrogens (tertiary/aromatic N) is 1. The van der Waals surface area contributed by atoms with Crippen molar-refractivity contribution in [2.24, 2.45) is 0 Å². The Kier molecular flexibility index (Phi) is 6.15. The number of ether oxygens (including phenoxy) is 1. The number of para-hydroxylation sites is 1. The average Bonchev–Trinajstić information content (AvgIpc) is 3.27. The van der Waals surface area contributed by atoms with E-state index in [2.05, 4.69) is 15.5 Å². The number of nitrogens with one attached hydrogen (secondary N) is 2. The number of aromatic nitrogens is 2. The predicted octanol–water partition coefficient (Wildman–Crippen LogP) is 2.95. The zero-order valence-electron chi connectivity index (χ0n) is 15.4. The molecule has 146 valence electrons. The first-order valence-electron chi connectivity index (χ1n) is 8.55. The fourth-order valence-electron chi connectivity index (χ4n) is 2.61. The molecule has 0 saturated heterocycles. The van der Waals surface area contributed by atoms with E-state index in [1.54, 1.807) is 19.2 Å². The van der Waals surface area contributed by atoms with E-state index < -0.39 is 12.1 Å². The van der Waals surface area contributed by atoms with Gasteiger partial charge in [0.05, 0.1) is 11.5 Å². The van der Waals surface area contributed by atoms with Crippen LogP contribution in [-0.4, -0.2) is 45.4 Å². The van der Waals surface area contributed by atoms with E-state index >= 15 is 0 Å². The van der Waals surface area contributed by atoms with Crippen LogP contribution in [0.3, 0.4) is 0 Å². The molecule has 0 bridgehead atoms. The highest BCUT2D eigenvalue weighted by atomic mass is 32.2. The highest BCUT2D eigenvalue weighted by molar-refractivity contribution is 8.00. The van der Waals surface area contributed by atoms with Gasteiger partial charge in [0.15, 0.2) is 11.9 Å². The normalized spacial score (nSPS) is 11.9. The molecule has 0 spiro atoms. The molecule has 2 N–H and O–H groups in total. The van der Waals surface area contributed by atoms with Crippen LogP contribution in [0.5, 0.6) is 0 Å². The van der Waals surface area contributed by atoms with E-state index in [0.717, 1.165) is 22.7 Å². The van der Waals surface area contributed by atoms with Crippen LogP contribution in [0.4, 0.5) is 5.82 Å². The zero-order valence-corrected chi connectivity index (χ0v) is 16.2. The Morgan fingerprint density at radius 1 is 1.29 bits per heavy atom. The van der Waals surface area contributed by atoms with Gasteiger partial charge < -0.3 is 19.6 Å². The number of carbonyl (C=O) groups excluding carboxylic acids is 3. The Morgan fingerprint density at radius 2 is 2.07 bits per heavy atom. The maximum atomic E-state index is 12.6. The lowest BCUT2D eigenvalue weighted by Gasteiger charge is -2.11. The third kappa shape index (κ3) is 4.80. The monoisotopic (exact) mass is 401 g/mol. The average molecular weight is 401 g/mol. The molecule has 0 aliphatic rings. The summed E-state index contributed by atoms with van der Waals surface area (Å²) < 4.78 is 10.1. The lowest BCUT2D eigenvalue weighted by Crippen LogP contribution is -2.25. The number of hydrogen-bond donors (Lipinski definition) is 2. The molecule has 1 aromatic carbocycles. The Labute approximate surface area is 165 Å². The molecule has 3 aromatic rings. The summed E-state index contributed by atoms with van der Waals surface area (Å²) in [5, 5.41) is 6.99. The molecule has 0 aliphatic carbocycles. The number of ketones is 1. The van der Waals surface area contributed by atoms with Gasteiger partial charge in [-0.15, -0.1) is 11.8 Å². The van der Waals surface area contributed by atoms with Gasteiger partial charge in [0.2, 0.25) is 11.7 Å². The van der Waals surface area contributed by atoms with Gasteiger partial charge in [-0.05, 0) is 19.9 Å². The smallest absolute Gasteiger partial charge is 0.316 e. The summed E-state index contributed by atoms with van der Waals surface area (Å²) in [4.78, 5) is 39.3. The highest BCUT2D eigenvalue weighted by Crippen LogP contribution is 2.20. The first-order valence-corrected chi connectivity index (χ1v) is 9.70. The molecule has 2 heterocycles. The minimum Gasteiger partial charge on any atom is -0.454 e. The molecule has 0 fully saturated rings. The number of carbonyl (C=O) groups is 3. The van der Waals surface area contributed by atoms with Gasteiger partial charge in [-0.25, -0.2) is 0 Å². The Morgan fingerprint density at radius 3 is 2.82 bits per heavy atom. The lowest BCUT2D eigenvalue weighted by molar-refractivity contribution is -0.143. The van der Waals surface area contributed by atoms with E-state index in [1.807, 2.05) is 24.3 Å². The van der Waals surface area contributed by atoms with Crippen LogP contribution >= 0.6 is 11.8 Å². The number of esters is 1. The molecule has 1 amide bonds. The van der Waals surface area contributed by atoms with Crippen LogP contribution in [-0.2, 0) is 14.3 Å². The number of Topliss-reactive ketones (excluding diaryl/α,β-unsaturated/α-hetero) is 1. The lowest BCUT2D eigenvalue weighted by atomic mass is 10.1. The molecule has 0 aliphatic heterocycles. The fraction of sp³-hybridized carbons (Fsp3) is 0.263. The third-order valence-corrected chi connectivity index (χ3v) is 4.79. The third-order valence-electron chi connectivity index (χ3n) is 3.88. The van der Waals surface area contributed by atoms with Crippen molar-refractivity contribution < 1.29 is 23.6 Å². The number of hydrogen-bond acceptors (Lipinski definition) is 7. The molecule has 0 saturated carbocycles. The van der Waals surface area contributed by atoms with Crippen molar-refractivity contribution in [2.45, 2.75) is 20.0 Å². The molecule has 8 nitrogen and oxygen atoms in total. The van der Waals surface area contributed by atoms with Gasteiger partial charge in [0, 0.05) is 28.7 Å².